The maximum Gasteiger partial charge on any atom is 0.330 e. The number of carboxylic acid groups (broad SMARTS) is 1. The molecule has 0 saturated carbocycles. The smallest absolute Gasteiger partial charge is 0.330 e. The maximum atomic E-state index is 13.3. The molecule has 104 valence electrons. The highest BCUT2D eigenvalue weighted by Crippen LogP contribution is 2.24. The van der Waals surface area contributed by atoms with Crippen molar-refractivity contribution in [2.45, 2.75) is 13.0 Å². The molecular weight excluding hydrogens is 281 g/mol. The fourth-order valence-electron chi connectivity index (χ4n) is 1.85. The van der Waals surface area contributed by atoms with Crippen LogP contribution in [0.2, 0.25) is 5.02 Å². The lowest BCUT2D eigenvalue weighted by atomic mass is 10.1. The fourth-order valence-corrected chi connectivity index (χ4v) is 2.08. The first-order valence-corrected chi connectivity index (χ1v) is 6.35. The van der Waals surface area contributed by atoms with Gasteiger partial charge in [-0.15, -0.1) is 0 Å². The van der Waals surface area contributed by atoms with Crippen molar-refractivity contribution in [1.29, 1.82) is 0 Å². The van der Waals surface area contributed by atoms with Gasteiger partial charge in [-0.3, -0.25) is 0 Å². The molecule has 2 N–H and O–H groups in total. The molecule has 2 rings (SSSR count). The zero-order valence-electron chi connectivity index (χ0n) is 10.7. The van der Waals surface area contributed by atoms with Crippen LogP contribution in [0.3, 0.4) is 0 Å². The largest absolute Gasteiger partial charge is 0.479 e. The first kappa shape index (κ1) is 14.3. The lowest BCUT2D eigenvalue weighted by molar-refractivity contribution is -0.138. The molecule has 0 saturated heterocycles. The van der Waals surface area contributed by atoms with Crippen LogP contribution in [0, 0.1) is 12.7 Å². The highest BCUT2D eigenvalue weighted by atomic mass is 35.5. The molecule has 0 heterocycles. The van der Waals surface area contributed by atoms with E-state index in [1.807, 2.05) is 19.1 Å². The van der Waals surface area contributed by atoms with Gasteiger partial charge in [0.05, 0.1) is 0 Å². The number of carboxylic acids is 1. The van der Waals surface area contributed by atoms with Crippen molar-refractivity contribution in [3.8, 4) is 0 Å². The first-order valence-electron chi connectivity index (χ1n) is 5.98. The molecule has 0 fully saturated rings. The van der Waals surface area contributed by atoms with Crippen molar-refractivity contribution in [2.24, 2.45) is 0 Å². The molecule has 3 nitrogen and oxygen atoms in total. The van der Waals surface area contributed by atoms with Gasteiger partial charge in [-0.1, -0.05) is 29.3 Å². The van der Waals surface area contributed by atoms with Gasteiger partial charge in [-0.05, 0) is 42.8 Å². The normalized spacial score (nSPS) is 11.9. The second-order valence-corrected chi connectivity index (χ2v) is 4.92. The summed E-state index contributed by atoms with van der Waals surface area (Å²) < 4.78 is 13.3. The summed E-state index contributed by atoms with van der Waals surface area (Å²) in [6.45, 7) is 1.94. The lowest BCUT2D eigenvalue weighted by Gasteiger charge is -2.16. The number of carbonyl (C=O) groups is 1. The molecule has 1 unspecified atom stereocenters. The minimum absolute atomic E-state index is 0.164. The van der Waals surface area contributed by atoms with Crippen LogP contribution in [0.4, 0.5) is 10.1 Å². The Balaban J connectivity index is 2.31. The Labute approximate surface area is 121 Å². The summed E-state index contributed by atoms with van der Waals surface area (Å²) in [5.74, 6) is -1.67. The summed E-state index contributed by atoms with van der Waals surface area (Å²) in [6, 6.07) is 9.93. The van der Waals surface area contributed by atoms with Crippen LogP contribution < -0.4 is 5.32 Å². The minimum atomic E-state index is -1.10. The van der Waals surface area contributed by atoms with Crippen LogP contribution in [0.25, 0.3) is 0 Å². The van der Waals surface area contributed by atoms with Gasteiger partial charge in [0.15, 0.2) is 6.04 Å². The molecule has 5 heteroatoms. The van der Waals surface area contributed by atoms with Crippen molar-refractivity contribution in [2.75, 3.05) is 5.32 Å². The van der Waals surface area contributed by atoms with E-state index in [4.69, 9.17) is 11.6 Å². The summed E-state index contributed by atoms with van der Waals surface area (Å²) in [4.78, 5) is 11.4. The van der Waals surface area contributed by atoms with E-state index in [0.717, 1.165) is 17.7 Å². The van der Waals surface area contributed by atoms with Crippen LogP contribution >= 0.6 is 11.6 Å². The van der Waals surface area contributed by atoms with Crippen molar-refractivity contribution in [3.05, 3.63) is 64.4 Å². The average molecular weight is 294 g/mol. The number of hydrogen-bond acceptors (Lipinski definition) is 2. The lowest BCUT2D eigenvalue weighted by Crippen LogP contribution is -2.20. The number of aryl methyl sites for hydroxylation is 1. The van der Waals surface area contributed by atoms with E-state index >= 15 is 0 Å². The first-order chi connectivity index (χ1) is 9.45. The molecule has 2 aromatic carbocycles. The number of nitrogens with one attached hydrogen (secondary N) is 1. The Morgan fingerprint density at radius 2 is 1.90 bits per heavy atom. The summed E-state index contributed by atoms with van der Waals surface area (Å²) >= 11 is 5.76. The third-order valence-electron chi connectivity index (χ3n) is 2.83. The number of hydrogen-bond donors (Lipinski definition) is 2. The number of anilines is 1. The zero-order chi connectivity index (χ0) is 14.7. The Kier molecular flexibility index (Phi) is 4.25. The van der Waals surface area contributed by atoms with Gasteiger partial charge in [0.1, 0.15) is 5.82 Å². The molecule has 0 spiro atoms. The van der Waals surface area contributed by atoms with E-state index in [1.165, 1.54) is 6.07 Å². The van der Waals surface area contributed by atoms with Crippen LogP contribution in [-0.2, 0) is 4.79 Å². The van der Waals surface area contributed by atoms with Crippen molar-refractivity contribution in [3.63, 3.8) is 0 Å². The zero-order valence-corrected chi connectivity index (χ0v) is 11.5. The van der Waals surface area contributed by atoms with E-state index in [9.17, 15) is 14.3 Å². The third kappa shape index (κ3) is 3.48. The molecule has 0 radical (unpaired) electrons. The molecule has 20 heavy (non-hydrogen) atoms. The van der Waals surface area contributed by atoms with Gasteiger partial charge >= 0.3 is 5.97 Å². The number of benzene rings is 2. The van der Waals surface area contributed by atoms with Gasteiger partial charge in [0, 0.05) is 10.7 Å². The Morgan fingerprint density at radius 3 is 2.45 bits per heavy atom. The van der Waals surface area contributed by atoms with E-state index in [1.54, 1.807) is 12.1 Å². The van der Waals surface area contributed by atoms with Gasteiger partial charge in [0.25, 0.3) is 0 Å². The monoisotopic (exact) mass is 293 g/mol. The quantitative estimate of drug-likeness (QED) is 0.895. The van der Waals surface area contributed by atoms with Crippen LogP contribution in [-0.4, -0.2) is 11.1 Å². The number of halogens is 2. The van der Waals surface area contributed by atoms with Gasteiger partial charge in [0.2, 0.25) is 0 Å². The molecule has 0 amide bonds. The van der Waals surface area contributed by atoms with E-state index in [0.29, 0.717) is 5.69 Å². The topological polar surface area (TPSA) is 49.3 Å². The number of rotatable bonds is 4. The van der Waals surface area contributed by atoms with E-state index in [-0.39, 0.29) is 10.6 Å². The molecule has 0 bridgehead atoms. The van der Waals surface area contributed by atoms with Crippen molar-refractivity contribution < 1.29 is 14.3 Å². The molecule has 0 aliphatic rings. The standard InChI is InChI=1S/C15H13ClFNO2/c1-9-2-4-13(5-3-9)18-14(15(19)20)10-6-11(16)8-12(17)7-10/h2-8,14,18H,1H3,(H,19,20). The molecule has 0 aromatic heterocycles. The SMILES string of the molecule is Cc1ccc(NC(C(=O)O)c2cc(F)cc(Cl)c2)cc1. The Bertz CT molecular complexity index is 608. The van der Waals surface area contributed by atoms with E-state index in [2.05, 4.69) is 5.32 Å². The molecule has 1 atom stereocenters. The molecule has 2 aromatic rings. The highest BCUT2D eigenvalue weighted by Gasteiger charge is 2.20. The Morgan fingerprint density at radius 1 is 1.25 bits per heavy atom. The van der Waals surface area contributed by atoms with Crippen LogP contribution in [0.15, 0.2) is 42.5 Å². The third-order valence-corrected chi connectivity index (χ3v) is 3.05. The van der Waals surface area contributed by atoms with Crippen molar-refractivity contribution in [1.82, 2.24) is 0 Å². The second-order valence-electron chi connectivity index (χ2n) is 4.48. The maximum absolute atomic E-state index is 13.3. The van der Waals surface area contributed by atoms with Gasteiger partial charge in [-0.25, -0.2) is 9.18 Å². The predicted molar refractivity (Wildman–Crippen MR) is 76.6 cm³/mol. The van der Waals surface area contributed by atoms with Gasteiger partial charge in [-0.2, -0.15) is 0 Å². The highest BCUT2D eigenvalue weighted by molar-refractivity contribution is 6.30. The van der Waals surface area contributed by atoms with Crippen LogP contribution in [0.5, 0.6) is 0 Å². The Hall–Kier alpha value is -2.07. The summed E-state index contributed by atoms with van der Waals surface area (Å²) in [6.07, 6.45) is 0. The molecule has 0 aliphatic heterocycles. The summed E-state index contributed by atoms with van der Waals surface area (Å²) in [5.41, 5.74) is 1.97. The van der Waals surface area contributed by atoms with Crippen molar-refractivity contribution >= 4 is 23.3 Å². The second kappa shape index (κ2) is 5.92. The predicted octanol–water partition coefficient (Wildman–Crippen LogP) is 4.03. The fraction of sp³-hybridized carbons (Fsp3) is 0.133. The molecular formula is C15H13ClFNO2. The van der Waals surface area contributed by atoms with Crippen LogP contribution in [0.1, 0.15) is 17.2 Å². The molecule has 0 aliphatic carbocycles. The number of aliphatic carboxylic acids is 1. The summed E-state index contributed by atoms with van der Waals surface area (Å²) in [5, 5.41) is 12.3. The van der Waals surface area contributed by atoms with Gasteiger partial charge < -0.3 is 10.4 Å². The summed E-state index contributed by atoms with van der Waals surface area (Å²) in [7, 11) is 0. The average Bonchev–Trinajstić information content (AvgIpc) is 2.36. The van der Waals surface area contributed by atoms with E-state index < -0.39 is 17.8 Å². The minimum Gasteiger partial charge on any atom is -0.479 e.